The highest BCUT2D eigenvalue weighted by Crippen LogP contribution is 2.11. The van der Waals surface area contributed by atoms with E-state index in [-0.39, 0.29) is 18.6 Å². The van der Waals surface area contributed by atoms with Crippen LogP contribution in [0.25, 0.3) is 0 Å². The van der Waals surface area contributed by atoms with Crippen LogP contribution in [0.3, 0.4) is 0 Å². The Bertz CT molecular complexity index is 575. The zero-order valence-electron chi connectivity index (χ0n) is 13.4. The van der Waals surface area contributed by atoms with Gasteiger partial charge in [-0.3, -0.25) is 0 Å². The van der Waals surface area contributed by atoms with Crippen molar-refractivity contribution < 1.29 is 28.2 Å². The van der Waals surface area contributed by atoms with Crippen LogP contribution in [0.15, 0.2) is 18.2 Å². The Hall–Kier alpha value is -1.96. The summed E-state index contributed by atoms with van der Waals surface area (Å²) in [7, 11) is -1.36. The number of benzene rings is 1. The molecule has 2 N–H and O–H groups in total. The molecule has 0 bridgehead atoms. The van der Waals surface area contributed by atoms with E-state index in [1.807, 2.05) is 0 Å². The number of carbonyl (C=O) groups is 2. The van der Waals surface area contributed by atoms with Crippen molar-refractivity contribution in [1.82, 2.24) is 5.32 Å². The van der Waals surface area contributed by atoms with Crippen molar-refractivity contribution >= 4 is 20.1 Å². The maximum absolute atomic E-state index is 13.1. The second-order valence-corrected chi connectivity index (χ2v) is 12.1. The minimum Gasteiger partial charge on any atom is -0.480 e. The second kappa shape index (κ2) is 8.05. The topological polar surface area (TPSA) is 75.6 Å². The number of aliphatic carboxylic acids is 1. The van der Waals surface area contributed by atoms with Gasteiger partial charge in [0.25, 0.3) is 0 Å². The lowest BCUT2D eigenvalue weighted by Gasteiger charge is -2.17. The minimum atomic E-state index is -1.36. The Morgan fingerprint density at radius 3 is 2.43 bits per heavy atom. The molecular weight excluding hydrogens is 324 g/mol. The number of rotatable bonds is 7. The number of halogens is 2. The van der Waals surface area contributed by atoms with Gasteiger partial charge in [-0.15, -0.1) is 0 Å². The Labute approximate surface area is 134 Å². The van der Waals surface area contributed by atoms with Crippen molar-refractivity contribution in [3.63, 3.8) is 0 Å². The predicted molar refractivity (Wildman–Crippen MR) is 84.1 cm³/mol. The van der Waals surface area contributed by atoms with E-state index in [9.17, 15) is 18.4 Å². The number of alkyl carbamates (subject to hydrolysis) is 1. The fourth-order valence-electron chi connectivity index (χ4n) is 1.74. The zero-order chi connectivity index (χ0) is 17.6. The predicted octanol–water partition coefficient (Wildman–Crippen LogP) is 3.02. The van der Waals surface area contributed by atoms with Gasteiger partial charge in [0.1, 0.15) is 6.04 Å². The Balaban J connectivity index is 2.59. The standard InChI is InChI=1S/C15H21F2NO4Si/c1-23(2,3)7-6-22-15(21)18-13(14(19)20)9-10-4-5-11(16)12(17)8-10/h4-5,8,13H,6-7,9H2,1-3H3,(H,18,21)(H,19,20)/t13-/m0/s1. The number of ether oxygens (including phenoxy) is 1. The number of carbonyl (C=O) groups excluding carboxylic acids is 1. The van der Waals surface area contributed by atoms with Gasteiger partial charge >= 0.3 is 12.1 Å². The van der Waals surface area contributed by atoms with E-state index in [2.05, 4.69) is 25.0 Å². The van der Waals surface area contributed by atoms with E-state index in [1.165, 1.54) is 6.07 Å². The summed E-state index contributed by atoms with van der Waals surface area (Å²) in [6, 6.07) is 2.58. The third-order valence-electron chi connectivity index (χ3n) is 3.10. The molecule has 1 atom stereocenters. The molecule has 23 heavy (non-hydrogen) atoms. The molecule has 0 aliphatic heterocycles. The summed E-state index contributed by atoms with van der Waals surface area (Å²) in [6.45, 7) is 6.59. The quantitative estimate of drug-likeness (QED) is 0.745. The molecule has 0 saturated heterocycles. The van der Waals surface area contributed by atoms with Gasteiger partial charge in [-0.1, -0.05) is 25.7 Å². The highest BCUT2D eigenvalue weighted by atomic mass is 28.3. The first kappa shape index (κ1) is 19.1. The van der Waals surface area contributed by atoms with Crippen molar-refractivity contribution in [3.8, 4) is 0 Å². The monoisotopic (exact) mass is 345 g/mol. The van der Waals surface area contributed by atoms with Crippen LogP contribution < -0.4 is 5.32 Å². The maximum Gasteiger partial charge on any atom is 0.407 e. The van der Waals surface area contributed by atoms with Crippen LogP contribution in [0, 0.1) is 11.6 Å². The number of carboxylic acids is 1. The summed E-state index contributed by atoms with van der Waals surface area (Å²) < 4.78 is 31.0. The molecule has 0 radical (unpaired) electrons. The highest BCUT2D eigenvalue weighted by molar-refractivity contribution is 6.76. The molecule has 0 aromatic heterocycles. The summed E-state index contributed by atoms with van der Waals surface area (Å²) in [4.78, 5) is 22.8. The Morgan fingerprint density at radius 1 is 1.26 bits per heavy atom. The summed E-state index contributed by atoms with van der Waals surface area (Å²) in [5.41, 5.74) is 0.263. The van der Waals surface area contributed by atoms with Crippen molar-refractivity contribution in [2.45, 2.75) is 38.1 Å². The Morgan fingerprint density at radius 2 is 1.91 bits per heavy atom. The van der Waals surface area contributed by atoms with Crippen LogP contribution in [0.4, 0.5) is 13.6 Å². The first-order valence-corrected chi connectivity index (χ1v) is 10.9. The smallest absolute Gasteiger partial charge is 0.407 e. The van der Waals surface area contributed by atoms with Crippen LogP contribution in [-0.2, 0) is 16.0 Å². The van der Waals surface area contributed by atoms with Crippen LogP contribution in [0.1, 0.15) is 5.56 Å². The molecule has 1 aromatic rings. The molecule has 8 heteroatoms. The largest absolute Gasteiger partial charge is 0.480 e. The van der Waals surface area contributed by atoms with Gasteiger partial charge in [-0.05, 0) is 23.7 Å². The SMILES string of the molecule is C[Si](C)(C)CCOC(=O)N[C@@H](Cc1ccc(F)c(F)c1)C(=O)O. The maximum atomic E-state index is 13.1. The molecule has 0 aliphatic carbocycles. The number of hydrogen-bond acceptors (Lipinski definition) is 3. The van der Waals surface area contributed by atoms with Crippen molar-refractivity contribution in [2.24, 2.45) is 0 Å². The van der Waals surface area contributed by atoms with E-state index in [4.69, 9.17) is 9.84 Å². The zero-order valence-corrected chi connectivity index (χ0v) is 14.4. The van der Waals surface area contributed by atoms with Gasteiger partial charge < -0.3 is 15.2 Å². The van der Waals surface area contributed by atoms with Gasteiger partial charge in [-0.25, -0.2) is 18.4 Å². The van der Waals surface area contributed by atoms with Gasteiger partial charge in [0, 0.05) is 14.5 Å². The third kappa shape index (κ3) is 7.23. The molecule has 0 fully saturated rings. The number of hydrogen-bond donors (Lipinski definition) is 2. The molecule has 1 aromatic carbocycles. The molecule has 0 saturated carbocycles. The summed E-state index contributed by atoms with van der Waals surface area (Å²) in [5, 5.41) is 11.4. The van der Waals surface area contributed by atoms with Crippen molar-refractivity contribution in [2.75, 3.05) is 6.61 Å². The fraction of sp³-hybridized carbons (Fsp3) is 0.467. The molecule has 1 rings (SSSR count). The lowest BCUT2D eigenvalue weighted by atomic mass is 10.1. The normalized spacial score (nSPS) is 12.6. The molecule has 0 aliphatic rings. The van der Waals surface area contributed by atoms with Crippen LogP contribution in [0.2, 0.25) is 25.7 Å². The molecule has 0 heterocycles. The van der Waals surface area contributed by atoms with E-state index < -0.39 is 37.8 Å². The van der Waals surface area contributed by atoms with Crippen LogP contribution >= 0.6 is 0 Å². The molecular formula is C15H21F2NO4Si. The van der Waals surface area contributed by atoms with Crippen LogP contribution in [-0.4, -0.2) is 37.9 Å². The lowest BCUT2D eigenvalue weighted by molar-refractivity contribution is -0.139. The second-order valence-electron chi connectivity index (χ2n) is 6.43. The van der Waals surface area contributed by atoms with Gasteiger partial charge in [-0.2, -0.15) is 0 Å². The van der Waals surface area contributed by atoms with E-state index in [0.29, 0.717) is 0 Å². The highest BCUT2D eigenvalue weighted by Gasteiger charge is 2.22. The number of nitrogens with one attached hydrogen (secondary N) is 1. The van der Waals surface area contributed by atoms with Gasteiger partial charge in [0.05, 0.1) is 6.61 Å². The third-order valence-corrected chi connectivity index (χ3v) is 4.80. The summed E-state index contributed by atoms with van der Waals surface area (Å²) in [6.07, 6.45) is -1.01. The summed E-state index contributed by atoms with van der Waals surface area (Å²) >= 11 is 0. The molecule has 0 spiro atoms. The summed E-state index contributed by atoms with van der Waals surface area (Å²) in [5.74, 6) is -3.36. The van der Waals surface area contributed by atoms with Crippen molar-refractivity contribution in [1.29, 1.82) is 0 Å². The van der Waals surface area contributed by atoms with E-state index in [1.54, 1.807) is 0 Å². The Kier molecular flexibility index (Phi) is 6.68. The average molecular weight is 345 g/mol. The molecule has 1 amide bonds. The van der Waals surface area contributed by atoms with E-state index in [0.717, 1.165) is 18.2 Å². The minimum absolute atomic E-state index is 0.171. The number of amides is 1. The van der Waals surface area contributed by atoms with Crippen LogP contribution in [0.5, 0.6) is 0 Å². The van der Waals surface area contributed by atoms with Gasteiger partial charge in [0.15, 0.2) is 11.6 Å². The lowest BCUT2D eigenvalue weighted by Crippen LogP contribution is -2.43. The molecule has 5 nitrogen and oxygen atoms in total. The van der Waals surface area contributed by atoms with Gasteiger partial charge in [0.2, 0.25) is 0 Å². The number of carboxylic acid groups (broad SMARTS) is 1. The fourth-order valence-corrected chi connectivity index (χ4v) is 2.45. The van der Waals surface area contributed by atoms with Crippen molar-refractivity contribution in [3.05, 3.63) is 35.4 Å². The first-order chi connectivity index (χ1) is 10.6. The average Bonchev–Trinajstić information content (AvgIpc) is 2.40. The van der Waals surface area contributed by atoms with E-state index >= 15 is 0 Å². The molecule has 128 valence electrons. The first-order valence-electron chi connectivity index (χ1n) is 7.18. The molecule has 0 unspecified atom stereocenters.